The Hall–Kier alpha value is -2.21. The second kappa shape index (κ2) is 8.88. The minimum Gasteiger partial charge on any atom is -0.342 e. The quantitative estimate of drug-likeness (QED) is 0.790. The normalized spacial score (nSPS) is 22.3. The smallest absolute Gasteiger partial charge is 0.223 e. The van der Waals surface area contributed by atoms with E-state index >= 15 is 0 Å². The van der Waals surface area contributed by atoms with Gasteiger partial charge in [-0.25, -0.2) is 4.98 Å². The van der Waals surface area contributed by atoms with Crippen molar-refractivity contribution in [1.29, 1.82) is 0 Å². The summed E-state index contributed by atoms with van der Waals surface area (Å²) in [7, 11) is 0. The molecule has 6 heteroatoms. The van der Waals surface area contributed by atoms with Crippen LogP contribution in [0.5, 0.6) is 0 Å². The minimum absolute atomic E-state index is 0.246. The molecule has 1 N–H and O–H groups in total. The maximum atomic E-state index is 12.8. The number of nitrogens with one attached hydrogen (secondary N) is 1. The molecule has 1 atom stereocenters. The molecule has 162 valence electrons. The maximum absolute atomic E-state index is 12.8. The van der Waals surface area contributed by atoms with Gasteiger partial charge in [-0.2, -0.15) is 5.10 Å². The highest BCUT2D eigenvalue weighted by atomic mass is 16.2. The lowest BCUT2D eigenvalue weighted by atomic mass is 9.79. The third-order valence-electron chi connectivity index (χ3n) is 6.79. The first-order chi connectivity index (χ1) is 14.4. The summed E-state index contributed by atoms with van der Waals surface area (Å²) in [6, 6.07) is 9.11. The van der Waals surface area contributed by atoms with Gasteiger partial charge in [0.2, 0.25) is 5.91 Å². The van der Waals surface area contributed by atoms with Gasteiger partial charge in [-0.05, 0) is 49.8 Å². The van der Waals surface area contributed by atoms with E-state index in [-0.39, 0.29) is 11.3 Å². The summed E-state index contributed by atoms with van der Waals surface area (Å²) in [6.07, 6.45) is 4.70. The number of likely N-dealkylation sites (tertiary alicyclic amines) is 2. The van der Waals surface area contributed by atoms with Crippen molar-refractivity contribution in [2.45, 2.75) is 65.3 Å². The summed E-state index contributed by atoms with van der Waals surface area (Å²) in [6.45, 7) is 11.4. The molecule has 0 saturated carbocycles. The van der Waals surface area contributed by atoms with Crippen LogP contribution in [-0.2, 0) is 17.8 Å². The van der Waals surface area contributed by atoms with Crippen LogP contribution < -0.4 is 0 Å². The highest BCUT2D eigenvalue weighted by Crippen LogP contribution is 2.39. The summed E-state index contributed by atoms with van der Waals surface area (Å²) in [5.74, 6) is 2.36. The number of hydrogen-bond acceptors (Lipinski definition) is 4. The standard InChI is InChI=1S/C24H35N5O/c1-18(2)21-7-5-20(6-8-21)15-28-13-4-11-24(16-28)12-14-29(17-24)23(30)10-9-22-25-19(3)26-27-22/h5-8,18H,4,9-17H2,1-3H3,(H,25,26,27). The van der Waals surface area contributed by atoms with Crippen molar-refractivity contribution >= 4 is 5.91 Å². The number of carbonyl (C=O) groups is 1. The maximum Gasteiger partial charge on any atom is 0.223 e. The predicted octanol–water partition coefficient (Wildman–Crippen LogP) is 3.68. The summed E-state index contributed by atoms with van der Waals surface area (Å²) < 4.78 is 0. The van der Waals surface area contributed by atoms with Gasteiger partial charge in [-0.3, -0.25) is 14.8 Å². The first-order valence-corrected chi connectivity index (χ1v) is 11.4. The number of rotatable bonds is 6. The zero-order valence-corrected chi connectivity index (χ0v) is 18.7. The summed E-state index contributed by atoms with van der Waals surface area (Å²) >= 11 is 0. The molecule has 2 fully saturated rings. The van der Waals surface area contributed by atoms with Crippen LogP contribution >= 0.6 is 0 Å². The van der Waals surface area contributed by atoms with Gasteiger partial charge in [0.25, 0.3) is 0 Å². The van der Waals surface area contributed by atoms with Crippen molar-refractivity contribution in [2.75, 3.05) is 26.2 Å². The van der Waals surface area contributed by atoms with Crippen LogP contribution in [0.2, 0.25) is 0 Å². The number of amides is 1. The van der Waals surface area contributed by atoms with E-state index in [0.29, 0.717) is 18.8 Å². The van der Waals surface area contributed by atoms with E-state index in [9.17, 15) is 4.79 Å². The topological polar surface area (TPSA) is 65.1 Å². The molecule has 1 aromatic carbocycles. The lowest BCUT2D eigenvalue weighted by molar-refractivity contribution is -0.130. The van der Waals surface area contributed by atoms with E-state index in [0.717, 1.165) is 50.8 Å². The molecule has 2 aliphatic heterocycles. The van der Waals surface area contributed by atoms with Crippen LogP contribution in [-0.4, -0.2) is 57.1 Å². The number of aromatic nitrogens is 3. The van der Waals surface area contributed by atoms with Gasteiger partial charge in [-0.15, -0.1) is 0 Å². The first kappa shape index (κ1) is 21.0. The summed E-state index contributed by atoms with van der Waals surface area (Å²) in [4.78, 5) is 21.7. The average Bonchev–Trinajstić information content (AvgIpc) is 3.33. The van der Waals surface area contributed by atoms with Gasteiger partial charge in [0.15, 0.2) is 5.82 Å². The van der Waals surface area contributed by atoms with E-state index in [4.69, 9.17) is 0 Å². The van der Waals surface area contributed by atoms with Gasteiger partial charge in [0.1, 0.15) is 5.82 Å². The van der Waals surface area contributed by atoms with Crippen LogP contribution in [0.15, 0.2) is 24.3 Å². The molecule has 1 spiro atoms. The fourth-order valence-corrected chi connectivity index (χ4v) is 5.07. The van der Waals surface area contributed by atoms with Crippen molar-refractivity contribution < 1.29 is 4.79 Å². The van der Waals surface area contributed by atoms with Gasteiger partial charge in [-0.1, -0.05) is 38.1 Å². The van der Waals surface area contributed by atoms with E-state index in [2.05, 4.69) is 63.1 Å². The third kappa shape index (κ3) is 4.91. The Labute approximate surface area is 180 Å². The lowest BCUT2D eigenvalue weighted by Gasteiger charge is -2.40. The molecule has 0 aliphatic carbocycles. The van der Waals surface area contributed by atoms with Crippen molar-refractivity contribution in [3.05, 3.63) is 47.0 Å². The number of aromatic amines is 1. The Bertz CT molecular complexity index is 859. The Kier molecular flexibility index (Phi) is 6.23. The molecule has 30 heavy (non-hydrogen) atoms. The average molecular weight is 410 g/mol. The number of aryl methyl sites for hydroxylation is 2. The first-order valence-electron chi connectivity index (χ1n) is 11.4. The molecular weight excluding hydrogens is 374 g/mol. The predicted molar refractivity (Wildman–Crippen MR) is 118 cm³/mol. The highest BCUT2D eigenvalue weighted by molar-refractivity contribution is 5.76. The van der Waals surface area contributed by atoms with E-state index < -0.39 is 0 Å². The van der Waals surface area contributed by atoms with Crippen molar-refractivity contribution in [1.82, 2.24) is 25.0 Å². The van der Waals surface area contributed by atoms with E-state index in [1.54, 1.807) is 0 Å². The molecule has 0 bridgehead atoms. The third-order valence-corrected chi connectivity index (χ3v) is 6.79. The fourth-order valence-electron chi connectivity index (χ4n) is 5.07. The van der Waals surface area contributed by atoms with E-state index in [1.165, 1.54) is 24.0 Å². The zero-order chi connectivity index (χ0) is 21.1. The Morgan fingerprint density at radius 3 is 2.67 bits per heavy atom. The van der Waals surface area contributed by atoms with E-state index in [1.807, 2.05) is 6.92 Å². The number of benzene rings is 1. The van der Waals surface area contributed by atoms with Crippen LogP contribution in [0.4, 0.5) is 0 Å². The Balaban J connectivity index is 1.30. The molecule has 6 nitrogen and oxygen atoms in total. The van der Waals surface area contributed by atoms with Gasteiger partial charge in [0.05, 0.1) is 0 Å². The number of nitrogens with zero attached hydrogens (tertiary/aromatic N) is 4. The van der Waals surface area contributed by atoms with Crippen LogP contribution in [0.3, 0.4) is 0 Å². The number of H-pyrrole nitrogens is 1. The van der Waals surface area contributed by atoms with Gasteiger partial charge >= 0.3 is 0 Å². The van der Waals surface area contributed by atoms with Gasteiger partial charge < -0.3 is 4.90 Å². The molecule has 2 saturated heterocycles. The molecule has 1 amide bonds. The molecule has 1 unspecified atom stereocenters. The Morgan fingerprint density at radius 2 is 1.97 bits per heavy atom. The molecule has 2 aromatic rings. The van der Waals surface area contributed by atoms with Crippen LogP contribution in [0, 0.1) is 12.3 Å². The fraction of sp³-hybridized carbons (Fsp3) is 0.625. The van der Waals surface area contributed by atoms with Crippen molar-refractivity contribution in [2.24, 2.45) is 5.41 Å². The molecule has 0 radical (unpaired) electrons. The number of carbonyl (C=O) groups excluding carboxylic acids is 1. The second-order valence-electron chi connectivity index (χ2n) is 9.61. The summed E-state index contributed by atoms with van der Waals surface area (Å²) in [5.41, 5.74) is 3.07. The van der Waals surface area contributed by atoms with Gasteiger partial charge in [0, 0.05) is 44.4 Å². The SMILES string of the molecule is Cc1nc(CCC(=O)N2CCC3(CCCN(Cc4ccc(C(C)C)cc4)C3)C2)n[nH]1. The molecule has 3 heterocycles. The van der Waals surface area contributed by atoms with Crippen molar-refractivity contribution in [3.8, 4) is 0 Å². The zero-order valence-electron chi connectivity index (χ0n) is 18.7. The van der Waals surface area contributed by atoms with Crippen LogP contribution in [0.25, 0.3) is 0 Å². The number of hydrogen-bond donors (Lipinski definition) is 1. The Morgan fingerprint density at radius 1 is 1.17 bits per heavy atom. The number of piperidine rings is 1. The molecule has 2 aliphatic rings. The van der Waals surface area contributed by atoms with Crippen LogP contribution in [0.1, 0.15) is 68.2 Å². The highest BCUT2D eigenvalue weighted by Gasteiger charge is 2.42. The molecule has 1 aromatic heterocycles. The summed E-state index contributed by atoms with van der Waals surface area (Å²) in [5, 5.41) is 7.00. The lowest BCUT2D eigenvalue weighted by Crippen LogP contribution is -2.45. The molecule has 4 rings (SSSR count). The monoisotopic (exact) mass is 409 g/mol. The second-order valence-corrected chi connectivity index (χ2v) is 9.61. The minimum atomic E-state index is 0.246. The molecular formula is C24H35N5O. The van der Waals surface area contributed by atoms with Crippen molar-refractivity contribution in [3.63, 3.8) is 0 Å². The largest absolute Gasteiger partial charge is 0.342 e.